The largest absolute Gasteiger partial charge is 0.456 e. The molecule has 0 fully saturated rings. The van der Waals surface area contributed by atoms with E-state index >= 15 is 4.57 Å². The lowest BCUT2D eigenvalue weighted by Crippen LogP contribution is -2.33. The molecule has 0 spiro atoms. The maximum Gasteiger partial charge on any atom is 0.234 e. The second-order valence-corrected chi connectivity index (χ2v) is 16.9. The van der Waals surface area contributed by atoms with Gasteiger partial charge in [0.2, 0.25) is 7.29 Å². The summed E-state index contributed by atoms with van der Waals surface area (Å²) in [7, 11) is -3.34. The number of nitrogens with zero attached hydrogens (tertiary/aromatic N) is 4. The molecule has 0 saturated carbocycles. The Bertz CT molecular complexity index is 3150. The van der Waals surface area contributed by atoms with Gasteiger partial charge in [-0.2, -0.15) is 0 Å². The Morgan fingerprint density at radius 3 is 1.71 bits per heavy atom. The zero-order valence-electron chi connectivity index (χ0n) is 31.1. The third-order valence-electron chi connectivity index (χ3n) is 10.9. The average Bonchev–Trinajstić information content (AvgIpc) is 3.68. The van der Waals surface area contributed by atoms with Crippen LogP contribution in [0.2, 0.25) is 0 Å². The standard InChI is InChI=1S/C51H33N4O2P/c56-58(39-22-11-4-12-23-39)47-27-14-13-24-40(47)42-32-36(28-30-44(42)55(58)38-20-9-3-10-21-38)37-29-31-45-43(33-37)48-41(25-15-26-46(48)57-45)51-53-49(34-16-5-1-6-17-34)52-50(54-51)35-18-7-2-8-19-35/h1-33H. The summed E-state index contributed by atoms with van der Waals surface area (Å²) in [5, 5.41) is 3.51. The minimum atomic E-state index is -3.34. The summed E-state index contributed by atoms with van der Waals surface area (Å²) < 4.78 is 24.4. The number of fused-ring (bicyclic) bond motifs is 6. The van der Waals surface area contributed by atoms with Crippen LogP contribution < -0.4 is 15.3 Å². The molecule has 11 rings (SSSR count). The van der Waals surface area contributed by atoms with Crippen LogP contribution in [0.5, 0.6) is 0 Å². The van der Waals surface area contributed by atoms with Crippen LogP contribution in [0, 0.1) is 0 Å². The zero-order valence-corrected chi connectivity index (χ0v) is 32.0. The molecule has 7 heteroatoms. The van der Waals surface area contributed by atoms with Crippen molar-refractivity contribution in [3.8, 4) is 56.4 Å². The topological polar surface area (TPSA) is 72.1 Å². The van der Waals surface area contributed by atoms with Crippen molar-refractivity contribution < 1.29 is 8.98 Å². The molecule has 274 valence electrons. The Hall–Kier alpha value is -7.40. The molecule has 6 nitrogen and oxygen atoms in total. The minimum Gasteiger partial charge on any atom is -0.456 e. The van der Waals surface area contributed by atoms with Gasteiger partial charge < -0.3 is 4.42 Å². The van der Waals surface area contributed by atoms with Crippen molar-refractivity contribution in [3.05, 3.63) is 200 Å². The molecule has 2 aromatic heterocycles. The second kappa shape index (κ2) is 13.7. The zero-order chi connectivity index (χ0) is 38.6. The SMILES string of the molecule is O=P1(c2ccccc2)c2ccccc2-c2cc(-c3ccc4oc5cccc(-c6nc(-c7ccccc7)nc(-c7ccccc7)n6)c5c4c3)ccc2N1c1ccccc1. The summed E-state index contributed by atoms with van der Waals surface area (Å²) in [4.78, 5) is 15.0. The van der Waals surface area contributed by atoms with Crippen LogP contribution in [-0.4, -0.2) is 15.0 Å². The van der Waals surface area contributed by atoms with Crippen LogP contribution in [0.25, 0.3) is 78.4 Å². The molecule has 1 aliphatic rings. The lowest BCUT2D eigenvalue weighted by molar-refractivity contribution is 0.587. The fourth-order valence-electron chi connectivity index (χ4n) is 8.22. The van der Waals surface area contributed by atoms with E-state index in [1.165, 1.54) is 0 Å². The summed E-state index contributed by atoms with van der Waals surface area (Å²) in [5.41, 5.74) is 10.0. The smallest absolute Gasteiger partial charge is 0.234 e. The number of para-hydroxylation sites is 1. The van der Waals surface area contributed by atoms with Gasteiger partial charge >= 0.3 is 0 Å². The van der Waals surface area contributed by atoms with E-state index in [1.807, 2.05) is 158 Å². The van der Waals surface area contributed by atoms with Crippen LogP contribution in [-0.2, 0) is 4.57 Å². The predicted octanol–water partition coefficient (Wildman–Crippen LogP) is 12.5. The first kappa shape index (κ1) is 33.9. The maximum absolute atomic E-state index is 15.8. The van der Waals surface area contributed by atoms with Crippen molar-refractivity contribution in [2.24, 2.45) is 0 Å². The number of furan rings is 1. The molecular formula is C51H33N4O2P. The first-order chi connectivity index (χ1) is 28.6. The van der Waals surface area contributed by atoms with E-state index in [-0.39, 0.29) is 0 Å². The molecule has 58 heavy (non-hydrogen) atoms. The normalized spacial score (nSPS) is 14.7. The van der Waals surface area contributed by atoms with Crippen LogP contribution in [0.3, 0.4) is 0 Å². The summed E-state index contributed by atoms with van der Waals surface area (Å²) in [6.07, 6.45) is 0. The highest BCUT2D eigenvalue weighted by Gasteiger charge is 2.42. The summed E-state index contributed by atoms with van der Waals surface area (Å²) in [6, 6.07) is 66.9. The molecule has 10 aromatic rings. The molecule has 1 aliphatic heterocycles. The van der Waals surface area contributed by atoms with Crippen molar-refractivity contribution in [2.75, 3.05) is 4.67 Å². The summed E-state index contributed by atoms with van der Waals surface area (Å²) in [6.45, 7) is 0. The Kier molecular flexibility index (Phi) is 7.98. The molecule has 3 heterocycles. The van der Waals surface area contributed by atoms with Crippen LogP contribution >= 0.6 is 7.29 Å². The molecule has 0 bridgehead atoms. The molecular weight excluding hydrogens is 732 g/mol. The van der Waals surface area contributed by atoms with Gasteiger partial charge in [0, 0.05) is 49.3 Å². The van der Waals surface area contributed by atoms with Gasteiger partial charge in [-0.1, -0.05) is 140 Å². The van der Waals surface area contributed by atoms with Crippen molar-refractivity contribution in [1.82, 2.24) is 15.0 Å². The number of hydrogen-bond donors (Lipinski definition) is 0. The van der Waals surface area contributed by atoms with E-state index < -0.39 is 7.29 Å². The van der Waals surface area contributed by atoms with Gasteiger partial charge in [-0.3, -0.25) is 9.24 Å². The lowest BCUT2D eigenvalue weighted by atomic mass is 9.95. The molecule has 0 aliphatic carbocycles. The van der Waals surface area contributed by atoms with Gasteiger partial charge in [0.1, 0.15) is 11.2 Å². The van der Waals surface area contributed by atoms with E-state index in [0.717, 1.165) is 82.9 Å². The highest BCUT2D eigenvalue weighted by molar-refractivity contribution is 7.80. The van der Waals surface area contributed by atoms with E-state index in [4.69, 9.17) is 19.4 Å². The summed E-state index contributed by atoms with van der Waals surface area (Å²) >= 11 is 0. The van der Waals surface area contributed by atoms with Gasteiger partial charge in [0.15, 0.2) is 17.5 Å². The monoisotopic (exact) mass is 764 g/mol. The fourth-order valence-corrected chi connectivity index (χ4v) is 11.3. The van der Waals surface area contributed by atoms with Gasteiger partial charge in [0.05, 0.1) is 5.69 Å². The van der Waals surface area contributed by atoms with Crippen molar-refractivity contribution in [1.29, 1.82) is 0 Å². The third-order valence-corrected chi connectivity index (χ3v) is 14.0. The average molecular weight is 765 g/mol. The van der Waals surface area contributed by atoms with Crippen LogP contribution in [0.1, 0.15) is 0 Å². The van der Waals surface area contributed by atoms with E-state index in [0.29, 0.717) is 17.5 Å². The van der Waals surface area contributed by atoms with Crippen LogP contribution in [0.15, 0.2) is 205 Å². The lowest BCUT2D eigenvalue weighted by Gasteiger charge is -2.40. The molecule has 0 radical (unpaired) electrons. The molecule has 1 atom stereocenters. The van der Waals surface area contributed by atoms with E-state index in [9.17, 15) is 0 Å². The number of benzene rings is 8. The Labute approximate surface area is 335 Å². The Balaban J connectivity index is 1.09. The Morgan fingerprint density at radius 2 is 1.00 bits per heavy atom. The highest BCUT2D eigenvalue weighted by Crippen LogP contribution is 2.61. The predicted molar refractivity (Wildman–Crippen MR) is 236 cm³/mol. The maximum atomic E-state index is 15.8. The number of rotatable bonds is 6. The molecule has 0 amide bonds. The number of hydrogen-bond acceptors (Lipinski definition) is 5. The third kappa shape index (κ3) is 5.49. The first-order valence-electron chi connectivity index (χ1n) is 19.2. The molecule has 0 N–H and O–H groups in total. The van der Waals surface area contributed by atoms with E-state index in [2.05, 4.69) is 47.1 Å². The fraction of sp³-hybridized carbons (Fsp3) is 0. The molecule has 0 saturated heterocycles. The van der Waals surface area contributed by atoms with Crippen molar-refractivity contribution >= 4 is 51.2 Å². The van der Waals surface area contributed by atoms with Gasteiger partial charge in [0.25, 0.3) is 0 Å². The second-order valence-electron chi connectivity index (χ2n) is 14.3. The number of anilines is 2. The highest BCUT2D eigenvalue weighted by atomic mass is 31.2. The van der Waals surface area contributed by atoms with Gasteiger partial charge in [-0.25, -0.2) is 15.0 Å². The van der Waals surface area contributed by atoms with Crippen molar-refractivity contribution in [3.63, 3.8) is 0 Å². The van der Waals surface area contributed by atoms with Gasteiger partial charge in [-0.05, 0) is 77.4 Å². The van der Waals surface area contributed by atoms with E-state index in [1.54, 1.807) is 0 Å². The molecule has 1 unspecified atom stereocenters. The Morgan fingerprint density at radius 1 is 0.431 bits per heavy atom. The molecule has 8 aromatic carbocycles. The minimum absolute atomic E-state index is 0.570. The van der Waals surface area contributed by atoms with Crippen LogP contribution in [0.4, 0.5) is 11.4 Å². The quantitative estimate of drug-likeness (QED) is 0.157. The number of aromatic nitrogens is 3. The van der Waals surface area contributed by atoms with Crippen molar-refractivity contribution in [2.45, 2.75) is 0 Å². The first-order valence-corrected chi connectivity index (χ1v) is 20.9. The van der Waals surface area contributed by atoms with Gasteiger partial charge in [-0.15, -0.1) is 0 Å². The summed E-state index contributed by atoms with van der Waals surface area (Å²) in [5.74, 6) is 1.77.